The summed E-state index contributed by atoms with van der Waals surface area (Å²) in [6.45, 7) is 4.20. The first-order valence-electron chi connectivity index (χ1n) is 5.74. The molecule has 0 aliphatic carbocycles. The lowest BCUT2D eigenvalue weighted by Crippen LogP contribution is -2.18. The molecule has 0 saturated heterocycles. The molecule has 0 unspecified atom stereocenters. The van der Waals surface area contributed by atoms with Gasteiger partial charge in [-0.3, -0.25) is 0 Å². The second-order valence-corrected chi connectivity index (χ2v) is 6.19. The molecule has 0 bridgehead atoms. The number of nitrogen functional groups attached to an aromatic ring is 1. The smallest absolute Gasteiger partial charge is 0.175 e. The van der Waals surface area contributed by atoms with Gasteiger partial charge < -0.3 is 11.1 Å². The predicted octanol–water partition coefficient (Wildman–Crippen LogP) is 2.27. The van der Waals surface area contributed by atoms with Crippen molar-refractivity contribution in [3.63, 3.8) is 0 Å². The van der Waals surface area contributed by atoms with Crippen molar-refractivity contribution < 1.29 is 8.42 Å². The van der Waals surface area contributed by atoms with Crippen molar-refractivity contribution >= 4 is 21.2 Å². The van der Waals surface area contributed by atoms with Crippen LogP contribution in [0, 0.1) is 0 Å². The fraction of sp³-hybridized carbons (Fsp3) is 0.500. The van der Waals surface area contributed by atoms with Crippen LogP contribution in [0.1, 0.15) is 26.7 Å². The Morgan fingerprint density at radius 3 is 2.29 bits per heavy atom. The van der Waals surface area contributed by atoms with E-state index in [1.165, 1.54) is 12.3 Å². The molecule has 1 rings (SSSR count). The van der Waals surface area contributed by atoms with Crippen LogP contribution in [-0.4, -0.2) is 20.7 Å². The minimum Gasteiger partial charge on any atom is -0.397 e. The Hall–Kier alpha value is -1.23. The number of hydrogen-bond acceptors (Lipinski definition) is 4. The quantitative estimate of drug-likeness (QED) is 0.793. The SMILES string of the molecule is CCC(CC)Nc1ccc(S(C)(=O)=O)cc1N. The van der Waals surface area contributed by atoms with Gasteiger partial charge >= 0.3 is 0 Å². The van der Waals surface area contributed by atoms with Crippen LogP contribution in [-0.2, 0) is 9.84 Å². The van der Waals surface area contributed by atoms with Crippen LogP contribution in [0.5, 0.6) is 0 Å². The van der Waals surface area contributed by atoms with Gasteiger partial charge in [0, 0.05) is 12.3 Å². The van der Waals surface area contributed by atoms with Gasteiger partial charge in [0.05, 0.1) is 16.3 Å². The molecule has 0 aliphatic heterocycles. The number of rotatable bonds is 5. The van der Waals surface area contributed by atoms with Crippen LogP contribution in [0.25, 0.3) is 0 Å². The number of benzene rings is 1. The average Bonchev–Trinajstić information content (AvgIpc) is 2.26. The third-order valence-electron chi connectivity index (χ3n) is 2.80. The van der Waals surface area contributed by atoms with Crippen LogP contribution in [0.4, 0.5) is 11.4 Å². The highest BCUT2D eigenvalue weighted by Gasteiger charge is 2.11. The first-order valence-corrected chi connectivity index (χ1v) is 7.63. The zero-order valence-electron chi connectivity index (χ0n) is 10.5. The fourth-order valence-electron chi connectivity index (χ4n) is 1.62. The Morgan fingerprint density at radius 1 is 1.29 bits per heavy atom. The molecule has 0 atom stereocenters. The van der Waals surface area contributed by atoms with Crippen molar-refractivity contribution in [1.29, 1.82) is 0 Å². The molecule has 0 heterocycles. The van der Waals surface area contributed by atoms with Gasteiger partial charge in [0.2, 0.25) is 0 Å². The standard InChI is InChI=1S/C12H20N2O2S/c1-4-9(5-2)14-12-7-6-10(8-11(12)13)17(3,15)16/h6-9,14H,4-5,13H2,1-3H3. The molecule has 1 aromatic carbocycles. The molecular formula is C12H20N2O2S. The Balaban J connectivity index is 2.98. The zero-order valence-corrected chi connectivity index (χ0v) is 11.3. The van der Waals surface area contributed by atoms with Crippen LogP contribution < -0.4 is 11.1 Å². The summed E-state index contributed by atoms with van der Waals surface area (Å²) in [5.41, 5.74) is 7.12. The van der Waals surface area contributed by atoms with Crippen LogP contribution in [0.2, 0.25) is 0 Å². The highest BCUT2D eigenvalue weighted by Crippen LogP contribution is 2.24. The van der Waals surface area contributed by atoms with E-state index in [0.717, 1.165) is 18.5 Å². The van der Waals surface area contributed by atoms with E-state index in [-0.39, 0.29) is 4.90 Å². The van der Waals surface area contributed by atoms with Gasteiger partial charge in [-0.05, 0) is 31.0 Å². The maximum Gasteiger partial charge on any atom is 0.175 e. The summed E-state index contributed by atoms with van der Waals surface area (Å²) in [4.78, 5) is 0.255. The average molecular weight is 256 g/mol. The molecule has 0 aromatic heterocycles. The van der Waals surface area contributed by atoms with E-state index < -0.39 is 9.84 Å². The number of sulfone groups is 1. The van der Waals surface area contributed by atoms with Crippen molar-refractivity contribution in [2.24, 2.45) is 0 Å². The molecule has 17 heavy (non-hydrogen) atoms. The maximum absolute atomic E-state index is 11.4. The Bertz CT molecular complexity index is 479. The molecule has 3 N–H and O–H groups in total. The largest absolute Gasteiger partial charge is 0.397 e. The summed E-state index contributed by atoms with van der Waals surface area (Å²) < 4.78 is 22.7. The van der Waals surface area contributed by atoms with E-state index >= 15 is 0 Å². The van der Waals surface area contributed by atoms with E-state index in [1.807, 2.05) is 0 Å². The summed E-state index contributed by atoms with van der Waals surface area (Å²) in [6, 6.07) is 5.17. The van der Waals surface area contributed by atoms with Crippen molar-refractivity contribution in [1.82, 2.24) is 0 Å². The zero-order chi connectivity index (χ0) is 13.1. The van der Waals surface area contributed by atoms with Crippen LogP contribution >= 0.6 is 0 Å². The lowest BCUT2D eigenvalue weighted by atomic mass is 10.1. The second kappa shape index (κ2) is 5.40. The monoisotopic (exact) mass is 256 g/mol. The third-order valence-corrected chi connectivity index (χ3v) is 3.91. The highest BCUT2D eigenvalue weighted by atomic mass is 32.2. The van der Waals surface area contributed by atoms with Gasteiger partial charge in [-0.25, -0.2) is 8.42 Å². The number of hydrogen-bond donors (Lipinski definition) is 2. The molecule has 5 heteroatoms. The summed E-state index contributed by atoms with van der Waals surface area (Å²) in [6.07, 6.45) is 3.18. The summed E-state index contributed by atoms with van der Waals surface area (Å²) in [5, 5.41) is 3.31. The molecule has 4 nitrogen and oxygen atoms in total. The van der Waals surface area contributed by atoms with Gasteiger partial charge in [0.1, 0.15) is 0 Å². The normalized spacial score (nSPS) is 11.8. The minimum atomic E-state index is -3.19. The number of nitrogens with one attached hydrogen (secondary N) is 1. The molecule has 0 amide bonds. The maximum atomic E-state index is 11.4. The van der Waals surface area contributed by atoms with Gasteiger partial charge in [-0.1, -0.05) is 13.8 Å². The first-order chi connectivity index (χ1) is 7.88. The molecule has 0 radical (unpaired) electrons. The van der Waals surface area contributed by atoms with Crippen LogP contribution in [0.3, 0.4) is 0 Å². The summed E-state index contributed by atoms with van der Waals surface area (Å²) in [5.74, 6) is 0. The Morgan fingerprint density at radius 2 is 1.88 bits per heavy atom. The van der Waals surface area contributed by atoms with Gasteiger partial charge in [-0.2, -0.15) is 0 Å². The number of nitrogens with two attached hydrogens (primary N) is 1. The van der Waals surface area contributed by atoms with Crippen molar-refractivity contribution in [3.05, 3.63) is 18.2 Å². The van der Waals surface area contributed by atoms with Crippen molar-refractivity contribution in [2.45, 2.75) is 37.6 Å². The third kappa shape index (κ3) is 3.63. The molecule has 1 aromatic rings. The predicted molar refractivity (Wildman–Crippen MR) is 72.0 cm³/mol. The minimum absolute atomic E-state index is 0.255. The van der Waals surface area contributed by atoms with Gasteiger partial charge in [0.15, 0.2) is 9.84 Å². The van der Waals surface area contributed by atoms with Crippen molar-refractivity contribution in [2.75, 3.05) is 17.3 Å². The lowest BCUT2D eigenvalue weighted by molar-refractivity contribution is 0.602. The molecule has 0 saturated carbocycles. The summed E-state index contributed by atoms with van der Waals surface area (Å²) >= 11 is 0. The molecule has 96 valence electrons. The van der Waals surface area contributed by atoms with E-state index in [1.54, 1.807) is 12.1 Å². The molecular weight excluding hydrogens is 236 g/mol. The highest BCUT2D eigenvalue weighted by molar-refractivity contribution is 7.90. The van der Waals surface area contributed by atoms with E-state index in [9.17, 15) is 8.42 Å². The molecule has 0 aliphatic rings. The van der Waals surface area contributed by atoms with E-state index in [0.29, 0.717) is 11.7 Å². The van der Waals surface area contributed by atoms with Gasteiger partial charge in [-0.15, -0.1) is 0 Å². The lowest BCUT2D eigenvalue weighted by Gasteiger charge is -2.18. The fourth-order valence-corrected chi connectivity index (χ4v) is 2.27. The molecule has 0 fully saturated rings. The van der Waals surface area contributed by atoms with Crippen molar-refractivity contribution in [3.8, 4) is 0 Å². The number of anilines is 2. The Kier molecular flexibility index (Phi) is 4.40. The first kappa shape index (κ1) is 13.8. The van der Waals surface area contributed by atoms with Gasteiger partial charge in [0.25, 0.3) is 0 Å². The van der Waals surface area contributed by atoms with Crippen LogP contribution in [0.15, 0.2) is 23.1 Å². The Labute approximate surface area is 103 Å². The molecule has 0 spiro atoms. The summed E-state index contributed by atoms with van der Waals surface area (Å²) in [7, 11) is -3.19. The van der Waals surface area contributed by atoms with E-state index in [2.05, 4.69) is 19.2 Å². The second-order valence-electron chi connectivity index (χ2n) is 4.18. The topological polar surface area (TPSA) is 72.2 Å². The van der Waals surface area contributed by atoms with E-state index in [4.69, 9.17) is 5.73 Å².